The topological polar surface area (TPSA) is 93.6 Å². The summed E-state index contributed by atoms with van der Waals surface area (Å²) in [6.07, 6.45) is 0. The highest BCUT2D eigenvalue weighted by molar-refractivity contribution is 5.93. The van der Waals surface area contributed by atoms with Crippen molar-refractivity contribution >= 4 is 22.7 Å². The van der Waals surface area contributed by atoms with Gasteiger partial charge in [-0.3, -0.25) is 9.78 Å². The zero-order valence-corrected chi connectivity index (χ0v) is 12.3. The number of hydrogen-bond acceptors (Lipinski definition) is 5. The van der Waals surface area contributed by atoms with Crippen molar-refractivity contribution in [3.8, 4) is 11.5 Å². The highest BCUT2D eigenvalue weighted by atomic mass is 16.5. The number of anilines is 1. The molecule has 0 aliphatic rings. The Hall–Kier alpha value is -3.22. The van der Waals surface area contributed by atoms with Crippen LogP contribution in [0.1, 0.15) is 0 Å². The van der Waals surface area contributed by atoms with Gasteiger partial charge in [0.05, 0.1) is 12.6 Å². The van der Waals surface area contributed by atoms with Crippen LogP contribution in [0, 0.1) is 0 Å². The lowest BCUT2D eigenvalue weighted by Gasteiger charge is -2.10. The van der Waals surface area contributed by atoms with Crippen molar-refractivity contribution < 1.29 is 18.7 Å². The number of carbonyl (C=O) groups is 1. The number of para-hydroxylation sites is 2. The molecule has 2 aromatic carbocycles. The summed E-state index contributed by atoms with van der Waals surface area (Å²) in [5.74, 6) is 0.168. The minimum Gasteiger partial charge on any atom is -0.493 e. The van der Waals surface area contributed by atoms with Gasteiger partial charge in [-0.15, -0.1) is 0 Å². The van der Waals surface area contributed by atoms with Gasteiger partial charge in [0, 0.05) is 5.69 Å². The molecule has 2 N–H and O–H groups in total. The van der Waals surface area contributed by atoms with Crippen molar-refractivity contribution in [1.29, 1.82) is 0 Å². The summed E-state index contributed by atoms with van der Waals surface area (Å²) in [4.78, 5) is 25.6. The molecule has 0 fully saturated rings. The third-order valence-corrected chi connectivity index (χ3v) is 3.13. The molecule has 1 aromatic heterocycles. The van der Waals surface area contributed by atoms with Crippen LogP contribution in [0.3, 0.4) is 0 Å². The third-order valence-electron chi connectivity index (χ3n) is 3.13. The molecular formula is C16H14N2O5. The van der Waals surface area contributed by atoms with E-state index >= 15 is 0 Å². The minimum atomic E-state index is -0.539. The first-order valence-electron chi connectivity index (χ1n) is 6.84. The molecule has 7 nitrogen and oxygen atoms in total. The average Bonchev–Trinajstić information content (AvgIpc) is 2.92. The molecule has 0 unspecified atom stereocenters. The Morgan fingerprint density at radius 3 is 2.78 bits per heavy atom. The van der Waals surface area contributed by atoms with E-state index in [0.717, 1.165) is 0 Å². The van der Waals surface area contributed by atoms with Crippen molar-refractivity contribution in [3.63, 3.8) is 0 Å². The molecule has 118 valence electrons. The van der Waals surface area contributed by atoms with Gasteiger partial charge in [-0.2, -0.15) is 0 Å². The zero-order chi connectivity index (χ0) is 16.2. The molecular weight excluding hydrogens is 300 g/mol. The van der Waals surface area contributed by atoms with Gasteiger partial charge >= 0.3 is 5.76 Å². The molecule has 0 saturated carbocycles. The van der Waals surface area contributed by atoms with Crippen molar-refractivity contribution in [3.05, 3.63) is 53.0 Å². The molecule has 23 heavy (non-hydrogen) atoms. The van der Waals surface area contributed by atoms with Crippen LogP contribution >= 0.6 is 0 Å². The molecule has 0 atom stereocenters. The van der Waals surface area contributed by atoms with Crippen LogP contribution in [-0.2, 0) is 4.79 Å². The highest BCUT2D eigenvalue weighted by Gasteiger charge is 2.08. The van der Waals surface area contributed by atoms with Crippen molar-refractivity contribution in [2.45, 2.75) is 0 Å². The van der Waals surface area contributed by atoms with Gasteiger partial charge in [-0.05, 0) is 30.3 Å². The van der Waals surface area contributed by atoms with Gasteiger partial charge < -0.3 is 19.2 Å². The second-order valence-electron chi connectivity index (χ2n) is 4.71. The number of methoxy groups -OCH3 is 1. The van der Waals surface area contributed by atoms with E-state index in [1.165, 1.54) is 7.11 Å². The fraction of sp³-hybridized carbons (Fsp3) is 0.125. The molecule has 0 aliphatic carbocycles. The first-order chi connectivity index (χ1) is 11.2. The smallest absolute Gasteiger partial charge is 0.417 e. The number of oxazole rings is 1. The number of rotatable bonds is 5. The number of hydrogen-bond donors (Lipinski definition) is 2. The van der Waals surface area contributed by atoms with Crippen molar-refractivity contribution in [1.82, 2.24) is 4.98 Å². The van der Waals surface area contributed by atoms with E-state index in [-0.39, 0.29) is 12.5 Å². The van der Waals surface area contributed by atoms with Crippen LogP contribution in [0.15, 0.2) is 51.7 Å². The quantitative estimate of drug-likeness (QED) is 0.752. The maximum atomic E-state index is 12.0. The number of amides is 1. The summed E-state index contributed by atoms with van der Waals surface area (Å²) >= 11 is 0. The number of carbonyl (C=O) groups excluding carboxylic acids is 1. The second kappa shape index (κ2) is 6.27. The van der Waals surface area contributed by atoms with Crippen molar-refractivity contribution in [2.24, 2.45) is 0 Å². The van der Waals surface area contributed by atoms with Gasteiger partial charge in [-0.1, -0.05) is 12.1 Å². The van der Waals surface area contributed by atoms with Crippen molar-refractivity contribution in [2.75, 3.05) is 19.0 Å². The Balaban J connectivity index is 1.65. The maximum Gasteiger partial charge on any atom is 0.417 e. The van der Waals surface area contributed by atoms with Crippen LogP contribution in [-0.4, -0.2) is 24.6 Å². The Kier molecular flexibility index (Phi) is 4.01. The molecule has 7 heteroatoms. The number of benzene rings is 2. The van der Waals surface area contributed by atoms with Gasteiger partial charge in [-0.25, -0.2) is 4.79 Å². The van der Waals surface area contributed by atoms with E-state index in [9.17, 15) is 9.59 Å². The van der Waals surface area contributed by atoms with Gasteiger partial charge in [0.15, 0.2) is 23.7 Å². The predicted octanol–water partition coefficient (Wildman–Crippen LogP) is 2.15. The van der Waals surface area contributed by atoms with E-state index in [1.54, 1.807) is 36.4 Å². The lowest BCUT2D eigenvalue weighted by atomic mass is 10.3. The summed E-state index contributed by atoms with van der Waals surface area (Å²) in [6, 6.07) is 11.9. The van der Waals surface area contributed by atoms with E-state index in [0.29, 0.717) is 28.3 Å². The van der Waals surface area contributed by atoms with Crippen LogP contribution < -0.4 is 20.5 Å². The Bertz CT molecular complexity index is 897. The fourth-order valence-corrected chi connectivity index (χ4v) is 2.11. The number of aromatic nitrogens is 1. The number of fused-ring (bicyclic) bond motifs is 1. The molecule has 0 radical (unpaired) electrons. The van der Waals surface area contributed by atoms with Crippen LogP contribution in [0.5, 0.6) is 11.5 Å². The molecule has 0 spiro atoms. The second-order valence-corrected chi connectivity index (χ2v) is 4.71. The lowest BCUT2D eigenvalue weighted by molar-refractivity contribution is -0.118. The summed E-state index contributed by atoms with van der Waals surface area (Å²) < 4.78 is 15.5. The number of nitrogens with one attached hydrogen (secondary N) is 2. The molecule has 0 saturated heterocycles. The van der Waals surface area contributed by atoms with Gasteiger partial charge in [0.2, 0.25) is 0 Å². The van der Waals surface area contributed by atoms with E-state index in [2.05, 4.69) is 10.3 Å². The first-order valence-corrected chi connectivity index (χ1v) is 6.84. The van der Waals surface area contributed by atoms with Crippen LogP contribution in [0.2, 0.25) is 0 Å². The first kappa shape index (κ1) is 14.7. The van der Waals surface area contributed by atoms with E-state index < -0.39 is 5.76 Å². The number of aromatic amines is 1. The Labute approximate surface area is 130 Å². The summed E-state index contributed by atoms with van der Waals surface area (Å²) in [6.45, 7) is -0.166. The minimum absolute atomic E-state index is 0.166. The molecule has 0 bridgehead atoms. The highest BCUT2D eigenvalue weighted by Crippen LogP contribution is 2.25. The monoisotopic (exact) mass is 314 g/mol. The van der Waals surface area contributed by atoms with Gasteiger partial charge in [0.25, 0.3) is 5.91 Å². The summed E-state index contributed by atoms with van der Waals surface area (Å²) in [5, 5.41) is 2.68. The predicted molar refractivity (Wildman–Crippen MR) is 84.0 cm³/mol. The standard InChI is InChI=1S/C16H14N2O5/c1-21-13-4-2-3-5-14(13)22-9-15(19)17-10-6-7-12-11(8-10)18-16(20)23-12/h2-8H,9H2,1H3,(H,17,19)(H,18,20). The third kappa shape index (κ3) is 3.34. The van der Waals surface area contributed by atoms with E-state index in [1.807, 2.05) is 6.07 Å². The zero-order valence-electron chi connectivity index (χ0n) is 12.3. The van der Waals surface area contributed by atoms with Gasteiger partial charge in [0.1, 0.15) is 0 Å². The molecule has 3 rings (SSSR count). The lowest BCUT2D eigenvalue weighted by Crippen LogP contribution is -2.20. The summed E-state index contributed by atoms with van der Waals surface area (Å²) in [5.41, 5.74) is 1.47. The maximum absolute atomic E-state index is 12.0. The number of H-pyrrole nitrogens is 1. The SMILES string of the molecule is COc1ccccc1OCC(=O)Nc1ccc2oc(=O)[nH]c2c1. The summed E-state index contributed by atoms with van der Waals surface area (Å²) in [7, 11) is 1.53. The molecule has 0 aliphatic heterocycles. The molecule has 1 heterocycles. The average molecular weight is 314 g/mol. The number of ether oxygens (including phenoxy) is 2. The fourth-order valence-electron chi connectivity index (χ4n) is 2.11. The largest absolute Gasteiger partial charge is 0.493 e. The van der Waals surface area contributed by atoms with E-state index in [4.69, 9.17) is 13.9 Å². The Morgan fingerprint density at radius 1 is 1.22 bits per heavy atom. The van der Waals surface area contributed by atoms with Crippen LogP contribution in [0.4, 0.5) is 5.69 Å². The molecule has 1 amide bonds. The normalized spacial score (nSPS) is 10.5. The molecule has 3 aromatic rings. The van der Waals surface area contributed by atoms with Crippen LogP contribution in [0.25, 0.3) is 11.1 Å². The Morgan fingerprint density at radius 2 is 2.00 bits per heavy atom.